The summed E-state index contributed by atoms with van der Waals surface area (Å²) < 4.78 is 0. The second-order valence-electron chi connectivity index (χ2n) is 3.51. The standard InChI is InChI=1S/C10H16O/c1-9(2)8-10(11)6-4-3-5-7-10/h4,6,8,11H,3,5,7H2,1-2H3. The minimum atomic E-state index is -0.642. The van der Waals surface area contributed by atoms with E-state index in [1.807, 2.05) is 26.0 Å². The highest BCUT2D eigenvalue weighted by atomic mass is 16.3. The first kappa shape index (κ1) is 8.54. The Labute approximate surface area is 68.4 Å². The smallest absolute Gasteiger partial charge is 0.101 e. The Morgan fingerprint density at radius 1 is 1.55 bits per heavy atom. The van der Waals surface area contributed by atoms with Crippen LogP contribution in [0, 0.1) is 0 Å². The van der Waals surface area contributed by atoms with Gasteiger partial charge in [-0.05, 0) is 33.1 Å². The van der Waals surface area contributed by atoms with Gasteiger partial charge in [0, 0.05) is 0 Å². The molecule has 11 heavy (non-hydrogen) atoms. The summed E-state index contributed by atoms with van der Waals surface area (Å²) in [4.78, 5) is 0. The molecule has 1 aliphatic carbocycles. The first-order valence-electron chi connectivity index (χ1n) is 4.18. The number of hydrogen-bond acceptors (Lipinski definition) is 1. The van der Waals surface area contributed by atoms with Crippen molar-refractivity contribution in [2.75, 3.05) is 0 Å². The van der Waals surface area contributed by atoms with Crippen molar-refractivity contribution in [3.05, 3.63) is 23.8 Å². The van der Waals surface area contributed by atoms with Gasteiger partial charge in [-0.15, -0.1) is 0 Å². The molecule has 0 bridgehead atoms. The van der Waals surface area contributed by atoms with E-state index < -0.39 is 5.60 Å². The molecule has 1 aliphatic rings. The van der Waals surface area contributed by atoms with Gasteiger partial charge in [-0.3, -0.25) is 0 Å². The van der Waals surface area contributed by atoms with Crippen LogP contribution in [0.15, 0.2) is 23.8 Å². The molecule has 1 heteroatoms. The Hall–Kier alpha value is -0.560. The van der Waals surface area contributed by atoms with Crippen LogP contribution in [-0.4, -0.2) is 10.7 Å². The molecule has 0 heterocycles. The minimum absolute atomic E-state index is 0.642. The van der Waals surface area contributed by atoms with E-state index in [0.29, 0.717) is 0 Å². The molecule has 0 aromatic rings. The fraction of sp³-hybridized carbons (Fsp3) is 0.600. The lowest BCUT2D eigenvalue weighted by Crippen LogP contribution is -2.24. The van der Waals surface area contributed by atoms with Gasteiger partial charge in [0.15, 0.2) is 0 Å². The van der Waals surface area contributed by atoms with Gasteiger partial charge in [-0.2, -0.15) is 0 Å². The van der Waals surface area contributed by atoms with Gasteiger partial charge in [0.1, 0.15) is 5.60 Å². The summed E-state index contributed by atoms with van der Waals surface area (Å²) in [6.45, 7) is 4.03. The highest BCUT2D eigenvalue weighted by molar-refractivity contribution is 5.18. The van der Waals surface area contributed by atoms with Crippen molar-refractivity contribution < 1.29 is 5.11 Å². The molecule has 0 aromatic heterocycles. The van der Waals surface area contributed by atoms with E-state index in [2.05, 4.69) is 6.08 Å². The van der Waals surface area contributed by atoms with Crippen molar-refractivity contribution in [3.63, 3.8) is 0 Å². The van der Waals surface area contributed by atoms with Crippen molar-refractivity contribution in [2.45, 2.75) is 38.7 Å². The van der Waals surface area contributed by atoms with E-state index in [-0.39, 0.29) is 0 Å². The third kappa shape index (κ3) is 2.51. The van der Waals surface area contributed by atoms with Gasteiger partial charge in [0.25, 0.3) is 0 Å². The summed E-state index contributed by atoms with van der Waals surface area (Å²) in [6, 6.07) is 0. The molecule has 0 radical (unpaired) electrons. The van der Waals surface area contributed by atoms with Crippen molar-refractivity contribution in [2.24, 2.45) is 0 Å². The van der Waals surface area contributed by atoms with Gasteiger partial charge in [-0.1, -0.05) is 23.8 Å². The maximum atomic E-state index is 9.88. The quantitative estimate of drug-likeness (QED) is 0.572. The molecule has 1 N–H and O–H groups in total. The second kappa shape index (κ2) is 3.22. The maximum absolute atomic E-state index is 9.88. The van der Waals surface area contributed by atoms with Crippen LogP contribution in [-0.2, 0) is 0 Å². The van der Waals surface area contributed by atoms with Crippen molar-refractivity contribution >= 4 is 0 Å². The van der Waals surface area contributed by atoms with Crippen LogP contribution in [0.25, 0.3) is 0 Å². The van der Waals surface area contributed by atoms with Gasteiger partial charge in [-0.25, -0.2) is 0 Å². The molecule has 62 valence electrons. The lowest BCUT2D eigenvalue weighted by atomic mass is 9.90. The number of hydrogen-bond donors (Lipinski definition) is 1. The Bertz CT molecular complexity index is 187. The monoisotopic (exact) mass is 152 g/mol. The molecule has 0 saturated carbocycles. The first-order valence-corrected chi connectivity index (χ1v) is 4.18. The number of aliphatic hydroxyl groups is 1. The summed E-state index contributed by atoms with van der Waals surface area (Å²) in [5.74, 6) is 0. The Morgan fingerprint density at radius 3 is 2.73 bits per heavy atom. The lowest BCUT2D eigenvalue weighted by molar-refractivity contribution is 0.124. The fourth-order valence-electron chi connectivity index (χ4n) is 1.49. The van der Waals surface area contributed by atoms with Gasteiger partial charge >= 0.3 is 0 Å². The molecular weight excluding hydrogens is 136 g/mol. The third-order valence-electron chi connectivity index (χ3n) is 1.89. The highest BCUT2D eigenvalue weighted by Gasteiger charge is 2.21. The van der Waals surface area contributed by atoms with E-state index in [0.717, 1.165) is 19.3 Å². The van der Waals surface area contributed by atoms with Gasteiger partial charge in [0.05, 0.1) is 0 Å². The summed E-state index contributed by atoms with van der Waals surface area (Å²) >= 11 is 0. The minimum Gasteiger partial charge on any atom is -0.382 e. The number of rotatable bonds is 1. The van der Waals surface area contributed by atoms with Crippen LogP contribution in [0.3, 0.4) is 0 Å². The molecule has 0 saturated heterocycles. The molecule has 0 aromatic carbocycles. The Kier molecular flexibility index (Phi) is 2.50. The van der Waals surface area contributed by atoms with E-state index >= 15 is 0 Å². The normalized spacial score (nSPS) is 30.1. The predicted octanol–water partition coefficient (Wildman–Crippen LogP) is 2.42. The average molecular weight is 152 g/mol. The zero-order chi connectivity index (χ0) is 8.32. The van der Waals surface area contributed by atoms with Gasteiger partial charge in [0.2, 0.25) is 0 Å². The van der Waals surface area contributed by atoms with Crippen LogP contribution in [0.1, 0.15) is 33.1 Å². The Balaban J connectivity index is 2.73. The molecule has 1 rings (SSSR count). The van der Waals surface area contributed by atoms with Crippen LogP contribution in [0.2, 0.25) is 0 Å². The topological polar surface area (TPSA) is 20.2 Å². The van der Waals surface area contributed by atoms with Crippen LogP contribution in [0.4, 0.5) is 0 Å². The largest absolute Gasteiger partial charge is 0.382 e. The molecule has 0 aliphatic heterocycles. The zero-order valence-electron chi connectivity index (χ0n) is 7.30. The van der Waals surface area contributed by atoms with Crippen LogP contribution in [0.5, 0.6) is 0 Å². The van der Waals surface area contributed by atoms with Gasteiger partial charge < -0.3 is 5.11 Å². The SMILES string of the molecule is CC(C)=CC1(O)C=CCCC1. The predicted molar refractivity (Wildman–Crippen MR) is 47.4 cm³/mol. The first-order chi connectivity index (χ1) is 5.12. The number of allylic oxidation sites excluding steroid dienone is 2. The van der Waals surface area contributed by atoms with E-state index in [4.69, 9.17) is 0 Å². The summed E-state index contributed by atoms with van der Waals surface area (Å²) in [5, 5.41) is 9.88. The molecule has 0 spiro atoms. The van der Waals surface area contributed by atoms with Crippen molar-refractivity contribution in [1.29, 1.82) is 0 Å². The van der Waals surface area contributed by atoms with Crippen LogP contribution >= 0.6 is 0 Å². The molecule has 0 amide bonds. The third-order valence-corrected chi connectivity index (χ3v) is 1.89. The zero-order valence-corrected chi connectivity index (χ0v) is 7.30. The lowest BCUT2D eigenvalue weighted by Gasteiger charge is -2.24. The molecule has 1 unspecified atom stereocenters. The molecular formula is C10H16O. The maximum Gasteiger partial charge on any atom is 0.101 e. The molecule has 0 fully saturated rings. The fourth-order valence-corrected chi connectivity index (χ4v) is 1.49. The molecule has 1 nitrogen and oxygen atoms in total. The van der Waals surface area contributed by atoms with Crippen LogP contribution < -0.4 is 0 Å². The summed E-state index contributed by atoms with van der Waals surface area (Å²) in [5.41, 5.74) is 0.538. The van der Waals surface area contributed by atoms with E-state index in [1.54, 1.807) is 0 Å². The Morgan fingerprint density at radius 2 is 2.27 bits per heavy atom. The molecule has 1 atom stereocenters. The van der Waals surface area contributed by atoms with Crippen molar-refractivity contribution in [3.8, 4) is 0 Å². The van der Waals surface area contributed by atoms with E-state index in [9.17, 15) is 5.11 Å². The summed E-state index contributed by atoms with van der Waals surface area (Å²) in [6.07, 6.45) is 8.97. The van der Waals surface area contributed by atoms with E-state index in [1.165, 1.54) is 5.57 Å². The highest BCUT2D eigenvalue weighted by Crippen LogP contribution is 2.24. The second-order valence-corrected chi connectivity index (χ2v) is 3.51. The summed E-state index contributed by atoms with van der Waals surface area (Å²) in [7, 11) is 0. The van der Waals surface area contributed by atoms with Crippen molar-refractivity contribution in [1.82, 2.24) is 0 Å². The average Bonchev–Trinajstić information content (AvgIpc) is 1.85.